The predicted octanol–water partition coefficient (Wildman–Crippen LogP) is 2.87. The van der Waals surface area contributed by atoms with Crippen LogP contribution >= 0.6 is 0 Å². The zero-order valence-electron chi connectivity index (χ0n) is 13.0. The van der Waals surface area contributed by atoms with Crippen molar-refractivity contribution < 1.29 is 13.6 Å². The van der Waals surface area contributed by atoms with Crippen molar-refractivity contribution in [3.63, 3.8) is 0 Å². The van der Waals surface area contributed by atoms with Gasteiger partial charge in [-0.25, -0.2) is 8.78 Å². The summed E-state index contributed by atoms with van der Waals surface area (Å²) in [6, 6.07) is 4.08. The molecule has 22 heavy (non-hydrogen) atoms. The Morgan fingerprint density at radius 3 is 2.59 bits per heavy atom. The van der Waals surface area contributed by atoms with E-state index in [2.05, 4.69) is 0 Å². The van der Waals surface area contributed by atoms with E-state index in [-0.39, 0.29) is 11.9 Å². The summed E-state index contributed by atoms with van der Waals surface area (Å²) in [6.07, 6.45) is 3.61. The normalized spacial score (nSPS) is 17.5. The van der Waals surface area contributed by atoms with Gasteiger partial charge >= 0.3 is 0 Å². The molecule has 2 rings (SSSR count). The molecule has 1 unspecified atom stereocenters. The van der Waals surface area contributed by atoms with E-state index in [0.29, 0.717) is 25.2 Å². The molecule has 1 aromatic rings. The van der Waals surface area contributed by atoms with Crippen molar-refractivity contribution in [2.75, 3.05) is 13.1 Å². The molecular weight excluding hydrogens is 286 g/mol. The van der Waals surface area contributed by atoms with Gasteiger partial charge in [0.2, 0.25) is 5.91 Å². The molecule has 0 aliphatic carbocycles. The van der Waals surface area contributed by atoms with Gasteiger partial charge in [-0.05, 0) is 56.2 Å². The molecule has 1 heterocycles. The molecule has 1 amide bonds. The predicted molar refractivity (Wildman–Crippen MR) is 82.2 cm³/mol. The molecule has 122 valence electrons. The highest BCUT2D eigenvalue weighted by molar-refractivity contribution is 5.76. The van der Waals surface area contributed by atoms with E-state index in [1.54, 1.807) is 6.07 Å². The van der Waals surface area contributed by atoms with Crippen molar-refractivity contribution in [1.82, 2.24) is 4.90 Å². The first-order valence-electron chi connectivity index (χ1n) is 7.94. The fourth-order valence-electron chi connectivity index (χ4n) is 2.97. The van der Waals surface area contributed by atoms with Gasteiger partial charge in [-0.2, -0.15) is 0 Å². The van der Waals surface area contributed by atoms with Crippen molar-refractivity contribution in [1.29, 1.82) is 0 Å². The molecule has 0 spiro atoms. The van der Waals surface area contributed by atoms with Crippen LogP contribution in [-0.4, -0.2) is 29.9 Å². The van der Waals surface area contributed by atoms with Crippen LogP contribution in [0.25, 0.3) is 0 Å². The number of carbonyl (C=O) groups excluding carboxylic acids is 1. The Hall–Kier alpha value is -1.49. The number of nitrogens with zero attached hydrogens (tertiary/aromatic N) is 1. The van der Waals surface area contributed by atoms with Crippen LogP contribution in [0.5, 0.6) is 0 Å². The van der Waals surface area contributed by atoms with E-state index in [1.807, 2.05) is 11.8 Å². The monoisotopic (exact) mass is 310 g/mol. The van der Waals surface area contributed by atoms with Gasteiger partial charge in [0, 0.05) is 25.6 Å². The molecule has 0 bridgehead atoms. The van der Waals surface area contributed by atoms with E-state index in [4.69, 9.17) is 5.73 Å². The molecule has 1 fully saturated rings. The second kappa shape index (κ2) is 7.68. The summed E-state index contributed by atoms with van der Waals surface area (Å²) in [6.45, 7) is 3.57. The molecule has 1 atom stereocenters. The quantitative estimate of drug-likeness (QED) is 0.909. The highest BCUT2D eigenvalue weighted by atomic mass is 19.2. The zero-order chi connectivity index (χ0) is 16.1. The van der Waals surface area contributed by atoms with Crippen LogP contribution in [0, 0.1) is 17.6 Å². The van der Waals surface area contributed by atoms with Crippen LogP contribution in [-0.2, 0) is 11.2 Å². The van der Waals surface area contributed by atoms with Crippen molar-refractivity contribution in [2.45, 2.75) is 45.1 Å². The second-order valence-corrected chi connectivity index (χ2v) is 6.18. The molecule has 2 N–H and O–H groups in total. The van der Waals surface area contributed by atoms with Gasteiger partial charge in [0.05, 0.1) is 0 Å². The zero-order valence-corrected chi connectivity index (χ0v) is 13.0. The molecule has 1 aliphatic heterocycles. The average Bonchev–Trinajstić information content (AvgIpc) is 2.51. The lowest BCUT2D eigenvalue weighted by molar-refractivity contribution is -0.132. The van der Waals surface area contributed by atoms with Gasteiger partial charge in [0.25, 0.3) is 0 Å². The SMILES string of the molecule is CC(N)C1CCN(C(=O)CCCc2ccc(F)c(F)c2)CC1. The van der Waals surface area contributed by atoms with Crippen LogP contribution < -0.4 is 5.73 Å². The Morgan fingerprint density at radius 2 is 2.00 bits per heavy atom. The molecule has 0 aromatic heterocycles. The molecular formula is C17H24F2N2O. The maximum Gasteiger partial charge on any atom is 0.222 e. The summed E-state index contributed by atoms with van der Waals surface area (Å²) < 4.78 is 25.9. The lowest BCUT2D eigenvalue weighted by Gasteiger charge is -2.33. The number of rotatable bonds is 5. The maximum absolute atomic E-state index is 13.1. The molecule has 5 heteroatoms. The largest absolute Gasteiger partial charge is 0.343 e. The first kappa shape index (κ1) is 16.9. The lowest BCUT2D eigenvalue weighted by atomic mass is 9.91. The van der Waals surface area contributed by atoms with Gasteiger partial charge < -0.3 is 10.6 Å². The highest BCUT2D eigenvalue weighted by Gasteiger charge is 2.24. The topological polar surface area (TPSA) is 46.3 Å². The number of hydrogen-bond acceptors (Lipinski definition) is 2. The van der Waals surface area contributed by atoms with Gasteiger partial charge in [-0.3, -0.25) is 4.79 Å². The van der Waals surface area contributed by atoms with E-state index < -0.39 is 11.6 Å². The summed E-state index contributed by atoms with van der Waals surface area (Å²) in [7, 11) is 0. The van der Waals surface area contributed by atoms with Gasteiger partial charge in [-0.15, -0.1) is 0 Å². The van der Waals surface area contributed by atoms with Gasteiger partial charge in [0.1, 0.15) is 0 Å². The molecule has 3 nitrogen and oxygen atoms in total. The van der Waals surface area contributed by atoms with Crippen LogP contribution in [0.4, 0.5) is 8.78 Å². The number of aryl methyl sites for hydroxylation is 1. The van der Waals surface area contributed by atoms with Crippen molar-refractivity contribution in [3.8, 4) is 0 Å². The van der Waals surface area contributed by atoms with Crippen LogP contribution in [0.2, 0.25) is 0 Å². The smallest absolute Gasteiger partial charge is 0.222 e. The van der Waals surface area contributed by atoms with Gasteiger partial charge in [0.15, 0.2) is 11.6 Å². The third-order valence-electron chi connectivity index (χ3n) is 4.48. The minimum atomic E-state index is -0.836. The van der Waals surface area contributed by atoms with E-state index >= 15 is 0 Å². The molecule has 0 saturated carbocycles. The first-order valence-corrected chi connectivity index (χ1v) is 7.94. The van der Waals surface area contributed by atoms with Crippen molar-refractivity contribution in [2.24, 2.45) is 11.7 Å². The number of benzene rings is 1. The van der Waals surface area contributed by atoms with E-state index in [1.165, 1.54) is 6.07 Å². The molecule has 1 saturated heterocycles. The Labute approximate surface area is 130 Å². The molecule has 1 aliphatic rings. The van der Waals surface area contributed by atoms with Gasteiger partial charge in [-0.1, -0.05) is 6.07 Å². The number of amides is 1. The van der Waals surface area contributed by atoms with Crippen molar-refractivity contribution >= 4 is 5.91 Å². The number of nitrogens with two attached hydrogens (primary N) is 1. The summed E-state index contributed by atoms with van der Waals surface area (Å²) in [5.74, 6) is -1.02. The molecule has 0 radical (unpaired) electrons. The Balaban J connectivity index is 1.73. The second-order valence-electron chi connectivity index (χ2n) is 6.18. The average molecular weight is 310 g/mol. The lowest BCUT2D eigenvalue weighted by Crippen LogP contribution is -2.42. The molecule has 1 aromatic carbocycles. The number of piperidine rings is 1. The number of halogens is 2. The number of hydrogen-bond donors (Lipinski definition) is 1. The Bertz CT molecular complexity index is 511. The highest BCUT2D eigenvalue weighted by Crippen LogP contribution is 2.20. The number of likely N-dealkylation sites (tertiary alicyclic amines) is 1. The van der Waals surface area contributed by atoms with E-state index in [9.17, 15) is 13.6 Å². The van der Waals surface area contributed by atoms with Crippen LogP contribution in [0.1, 0.15) is 38.2 Å². The summed E-state index contributed by atoms with van der Waals surface area (Å²) in [4.78, 5) is 14.0. The standard InChI is InChI=1S/C17H24F2N2O/c1-12(20)14-7-9-21(10-8-14)17(22)4-2-3-13-5-6-15(18)16(19)11-13/h5-6,11-12,14H,2-4,7-10,20H2,1H3. The fourth-order valence-corrected chi connectivity index (χ4v) is 2.97. The van der Waals surface area contributed by atoms with Crippen LogP contribution in [0.3, 0.4) is 0 Å². The van der Waals surface area contributed by atoms with Crippen molar-refractivity contribution in [3.05, 3.63) is 35.4 Å². The van der Waals surface area contributed by atoms with E-state index in [0.717, 1.165) is 37.6 Å². The summed E-state index contributed by atoms with van der Waals surface area (Å²) in [5.41, 5.74) is 6.62. The third kappa shape index (κ3) is 4.50. The number of carbonyl (C=O) groups is 1. The summed E-state index contributed by atoms with van der Waals surface area (Å²) in [5, 5.41) is 0. The minimum absolute atomic E-state index is 0.144. The fraction of sp³-hybridized carbons (Fsp3) is 0.588. The van der Waals surface area contributed by atoms with Crippen LogP contribution in [0.15, 0.2) is 18.2 Å². The minimum Gasteiger partial charge on any atom is -0.343 e. The Morgan fingerprint density at radius 1 is 1.32 bits per heavy atom. The Kier molecular flexibility index (Phi) is 5.89. The first-order chi connectivity index (χ1) is 10.5. The maximum atomic E-state index is 13.1. The third-order valence-corrected chi connectivity index (χ3v) is 4.48. The summed E-state index contributed by atoms with van der Waals surface area (Å²) >= 11 is 0.